The molecule has 28 heavy (non-hydrogen) atoms. The zero-order chi connectivity index (χ0) is 19.1. The highest BCUT2D eigenvalue weighted by molar-refractivity contribution is 14.0. The maximum atomic E-state index is 5.74. The van der Waals surface area contributed by atoms with Crippen molar-refractivity contribution < 1.29 is 9.47 Å². The van der Waals surface area contributed by atoms with Gasteiger partial charge in [0.1, 0.15) is 5.82 Å². The summed E-state index contributed by atoms with van der Waals surface area (Å²) in [6.45, 7) is 9.26. The van der Waals surface area contributed by atoms with Crippen molar-refractivity contribution in [3.8, 4) is 0 Å². The predicted octanol–water partition coefficient (Wildman–Crippen LogP) is 1.94. The van der Waals surface area contributed by atoms with Gasteiger partial charge in [0.25, 0.3) is 0 Å². The van der Waals surface area contributed by atoms with E-state index < -0.39 is 0 Å². The number of fused-ring (bicyclic) bond motifs is 1. The molecular weight excluding hydrogens is 471 g/mol. The minimum atomic E-state index is 0. The molecule has 1 fully saturated rings. The lowest BCUT2D eigenvalue weighted by molar-refractivity contribution is 0.0888. The Hall–Kier alpha value is -0.940. The molecule has 0 amide bonds. The number of aliphatic imine (C=N–C) groups is 1. The van der Waals surface area contributed by atoms with Gasteiger partial charge in [0, 0.05) is 51.1 Å². The molecule has 0 saturated carbocycles. The highest BCUT2D eigenvalue weighted by atomic mass is 127. The summed E-state index contributed by atoms with van der Waals surface area (Å²) in [7, 11) is 1.81. The number of guanidine groups is 1. The molecule has 2 atom stereocenters. The third kappa shape index (κ3) is 6.84. The minimum Gasteiger partial charge on any atom is -0.381 e. The summed E-state index contributed by atoms with van der Waals surface area (Å²) >= 11 is 0. The zero-order valence-electron chi connectivity index (χ0n) is 17.3. The zero-order valence-corrected chi connectivity index (χ0v) is 19.6. The van der Waals surface area contributed by atoms with Crippen LogP contribution in [0.15, 0.2) is 4.99 Å². The summed E-state index contributed by atoms with van der Waals surface area (Å²) in [6, 6.07) is 0.323. The Labute approximate surface area is 185 Å². The van der Waals surface area contributed by atoms with Gasteiger partial charge in [0.2, 0.25) is 0 Å². The number of hydrogen-bond donors (Lipinski definition) is 2. The number of rotatable bonds is 8. The SMILES string of the molecule is CN=C(NCCCOCC1CCOC1)NC1CCc2nc(C(C)C)nn2C1.I. The van der Waals surface area contributed by atoms with E-state index >= 15 is 0 Å². The molecule has 2 unspecified atom stereocenters. The second kappa shape index (κ2) is 11.9. The lowest BCUT2D eigenvalue weighted by atomic mass is 10.1. The Morgan fingerprint density at radius 1 is 1.39 bits per heavy atom. The quantitative estimate of drug-likeness (QED) is 0.243. The Kier molecular flexibility index (Phi) is 9.93. The molecule has 0 spiro atoms. The van der Waals surface area contributed by atoms with Crippen LogP contribution in [0.3, 0.4) is 0 Å². The van der Waals surface area contributed by atoms with Crippen molar-refractivity contribution >= 4 is 29.9 Å². The van der Waals surface area contributed by atoms with Gasteiger partial charge < -0.3 is 20.1 Å². The first-order valence-electron chi connectivity index (χ1n) is 10.2. The third-order valence-corrected chi connectivity index (χ3v) is 5.09. The first-order valence-corrected chi connectivity index (χ1v) is 10.2. The molecule has 160 valence electrons. The highest BCUT2D eigenvalue weighted by Gasteiger charge is 2.23. The fourth-order valence-corrected chi connectivity index (χ4v) is 3.42. The first-order chi connectivity index (χ1) is 13.2. The molecule has 0 aliphatic carbocycles. The van der Waals surface area contributed by atoms with E-state index in [4.69, 9.17) is 9.47 Å². The van der Waals surface area contributed by atoms with Crippen molar-refractivity contribution in [2.45, 2.75) is 58.0 Å². The van der Waals surface area contributed by atoms with E-state index in [1.54, 1.807) is 0 Å². The van der Waals surface area contributed by atoms with Crippen LogP contribution in [-0.4, -0.2) is 66.8 Å². The minimum absolute atomic E-state index is 0. The van der Waals surface area contributed by atoms with Crippen molar-refractivity contribution in [1.29, 1.82) is 0 Å². The van der Waals surface area contributed by atoms with E-state index in [0.717, 1.165) is 82.8 Å². The molecule has 0 aromatic carbocycles. The monoisotopic (exact) mass is 506 g/mol. The van der Waals surface area contributed by atoms with Crippen LogP contribution in [0.25, 0.3) is 0 Å². The molecule has 2 aliphatic heterocycles. The van der Waals surface area contributed by atoms with E-state index in [1.807, 2.05) is 11.7 Å². The van der Waals surface area contributed by atoms with Crippen LogP contribution in [0, 0.1) is 5.92 Å². The highest BCUT2D eigenvalue weighted by Crippen LogP contribution is 2.17. The lowest BCUT2D eigenvalue weighted by Crippen LogP contribution is -2.47. The average molecular weight is 506 g/mol. The second-order valence-corrected chi connectivity index (χ2v) is 7.76. The molecule has 3 rings (SSSR count). The first kappa shape index (κ1) is 23.3. The standard InChI is InChI=1S/C19H34N6O2.HI/c1-14(2)18-23-17-6-5-16(11-25(17)24-18)22-19(20-3)21-8-4-9-26-12-15-7-10-27-13-15;/h14-16H,4-13H2,1-3H3,(H2,20,21,22);1H. The summed E-state index contributed by atoms with van der Waals surface area (Å²) in [5.74, 6) is 3.84. The van der Waals surface area contributed by atoms with Gasteiger partial charge in [0.15, 0.2) is 11.8 Å². The number of aromatic nitrogens is 3. The van der Waals surface area contributed by atoms with Crippen LogP contribution in [0.5, 0.6) is 0 Å². The van der Waals surface area contributed by atoms with Crippen LogP contribution in [-0.2, 0) is 22.4 Å². The van der Waals surface area contributed by atoms with Gasteiger partial charge in [-0.05, 0) is 19.3 Å². The lowest BCUT2D eigenvalue weighted by Gasteiger charge is -2.25. The Morgan fingerprint density at radius 3 is 2.96 bits per heavy atom. The van der Waals surface area contributed by atoms with Gasteiger partial charge in [-0.2, -0.15) is 5.10 Å². The third-order valence-electron chi connectivity index (χ3n) is 5.09. The van der Waals surface area contributed by atoms with Crippen molar-refractivity contribution in [2.75, 3.05) is 40.0 Å². The van der Waals surface area contributed by atoms with Crippen molar-refractivity contribution in [1.82, 2.24) is 25.4 Å². The Morgan fingerprint density at radius 2 is 2.25 bits per heavy atom. The molecule has 8 nitrogen and oxygen atoms in total. The molecule has 0 radical (unpaired) electrons. The van der Waals surface area contributed by atoms with Gasteiger partial charge in [-0.25, -0.2) is 9.67 Å². The van der Waals surface area contributed by atoms with Gasteiger partial charge in [-0.15, -0.1) is 24.0 Å². The van der Waals surface area contributed by atoms with Crippen molar-refractivity contribution in [2.24, 2.45) is 10.9 Å². The van der Waals surface area contributed by atoms with Crippen molar-refractivity contribution in [3.63, 3.8) is 0 Å². The van der Waals surface area contributed by atoms with Gasteiger partial charge >= 0.3 is 0 Å². The van der Waals surface area contributed by atoms with Crippen LogP contribution >= 0.6 is 24.0 Å². The molecule has 1 aromatic heterocycles. The normalized spacial score (nSPS) is 22.1. The van der Waals surface area contributed by atoms with E-state index in [-0.39, 0.29) is 24.0 Å². The maximum absolute atomic E-state index is 5.74. The Bertz CT molecular complexity index is 616. The summed E-state index contributed by atoms with van der Waals surface area (Å²) in [5.41, 5.74) is 0. The van der Waals surface area contributed by atoms with E-state index in [1.165, 1.54) is 0 Å². The fraction of sp³-hybridized carbons (Fsp3) is 0.842. The van der Waals surface area contributed by atoms with Crippen LogP contribution in [0.1, 0.15) is 50.7 Å². The van der Waals surface area contributed by atoms with Crippen LogP contribution < -0.4 is 10.6 Å². The van der Waals surface area contributed by atoms with E-state index in [2.05, 4.69) is 39.6 Å². The number of hydrogen-bond acceptors (Lipinski definition) is 5. The van der Waals surface area contributed by atoms with E-state index in [9.17, 15) is 0 Å². The largest absolute Gasteiger partial charge is 0.381 e. The topological polar surface area (TPSA) is 85.6 Å². The molecular formula is C19H35IN6O2. The Balaban J connectivity index is 0.00000280. The van der Waals surface area contributed by atoms with Crippen LogP contribution in [0.4, 0.5) is 0 Å². The smallest absolute Gasteiger partial charge is 0.191 e. The van der Waals surface area contributed by atoms with E-state index in [0.29, 0.717) is 17.9 Å². The number of aryl methyl sites for hydroxylation is 1. The summed E-state index contributed by atoms with van der Waals surface area (Å²) in [5, 5.41) is 11.5. The number of nitrogens with zero attached hydrogens (tertiary/aromatic N) is 4. The molecule has 2 aliphatic rings. The second-order valence-electron chi connectivity index (χ2n) is 7.76. The van der Waals surface area contributed by atoms with Crippen molar-refractivity contribution in [3.05, 3.63) is 11.6 Å². The number of halogens is 1. The molecule has 1 aromatic rings. The predicted molar refractivity (Wildman–Crippen MR) is 120 cm³/mol. The molecule has 3 heterocycles. The molecule has 0 bridgehead atoms. The number of nitrogens with one attached hydrogen (secondary N) is 2. The van der Waals surface area contributed by atoms with Gasteiger partial charge in [0.05, 0.1) is 19.8 Å². The summed E-state index contributed by atoms with van der Waals surface area (Å²) in [4.78, 5) is 8.99. The maximum Gasteiger partial charge on any atom is 0.191 e. The fourth-order valence-electron chi connectivity index (χ4n) is 3.42. The molecule has 9 heteroatoms. The van der Waals surface area contributed by atoms with Crippen LogP contribution in [0.2, 0.25) is 0 Å². The molecule has 1 saturated heterocycles. The number of ether oxygens (including phenoxy) is 2. The van der Waals surface area contributed by atoms with Gasteiger partial charge in [-0.3, -0.25) is 4.99 Å². The molecule has 2 N–H and O–H groups in total. The van der Waals surface area contributed by atoms with Gasteiger partial charge in [-0.1, -0.05) is 13.8 Å². The summed E-state index contributed by atoms with van der Waals surface area (Å²) in [6.07, 6.45) is 4.09. The summed E-state index contributed by atoms with van der Waals surface area (Å²) < 4.78 is 13.2. The average Bonchev–Trinajstić information content (AvgIpc) is 3.32.